The molecule has 0 atom stereocenters. The van der Waals surface area contributed by atoms with Crippen LogP contribution >= 0.6 is 11.6 Å². The highest BCUT2D eigenvalue weighted by molar-refractivity contribution is 6.31. The third-order valence-electron chi connectivity index (χ3n) is 3.02. The van der Waals surface area contributed by atoms with Gasteiger partial charge in [0.1, 0.15) is 0 Å². The van der Waals surface area contributed by atoms with Crippen LogP contribution in [0.5, 0.6) is 0 Å². The predicted molar refractivity (Wildman–Crippen MR) is 79.4 cm³/mol. The molecule has 2 aromatic carbocycles. The molecule has 0 spiro atoms. The molecule has 0 unspecified atom stereocenters. The lowest BCUT2D eigenvalue weighted by atomic mass is 10.1. The maximum atomic E-state index is 8.91. The molecule has 3 nitrogen and oxygen atoms in total. The van der Waals surface area contributed by atoms with Crippen molar-refractivity contribution in [2.75, 3.05) is 5.32 Å². The molecule has 0 radical (unpaired) electrons. The Balaban J connectivity index is 2.17. The molecule has 0 fully saturated rings. The standard InChI is InChI=1S/C16H12ClN3/c1-11-2-3-13(9-19)7-16(11)20-10-14-5-4-12(8-18)6-15(14)17/h2-7,20H,10H2,1H3. The van der Waals surface area contributed by atoms with Crippen LogP contribution in [0, 0.1) is 29.6 Å². The van der Waals surface area contributed by atoms with Gasteiger partial charge < -0.3 is 5.32 Å². The van der Waals surface area contributed by atoms with Crippen LogP contribution in [0.25, 0.3) is 0 Å². The number of hydrogen-bond donors (Lipinski definition) is 1. The number of nitriles is 2. The largest absolute Gasteiger partial charge is 0.381 e. The topological polar surface area (TPSA) is 59.6 Å². The van der Waals surface area contributed by atoms with Crippen LogP contribution < -0.4 is 5.32 Å². The molecular weight excluding hydrogens is 270 g/mol. The Hall–Kier alpha value is -2.49. The number of halogens is 1. The van der Waals surface area contributed by atoms with Gasteiger partial charge in [0, 0.05) is 17.3 Å². The quantitative estimate of drug-likeness (QED) is 0.925. The van der Waals surface area contributed by atoms with E-state index < -0.39 is 0 Å². The Morgan fingerprint density at radius 1 is 1.05 bits per heavy atom. The van der Waals surface area contributed by atoms with Gasteiger partial charge in [-0.1, -0.05) is 23.7 Å². The summed E-state index contributed by atoms with van der Waals surface area (Å²) in [6, 6.07) is 14.9. The molecule has 2 aromatic rings. The van der Waals surface area contributed by atoms with E-state index in [2.05, 4.69) is 17.5 Å². The molecule has 0 heterocycles. The lowest BCUT2D eigenvalue weighted by Gasteiger charge is -2.11. The van der Waals surface area contributed by atoms with Gasteiger partial charge >= 0.3 is 0 Å². The molecule has 0 bridgehead atoms. The van der Waals surface area contributed by atoms with Crippen molar-refractivity contribution in [3.05, 3.63) is 63.7 Å². The monoisotopic (exact) mass is 281 g/mol. The molecule has 0 aliphatic heterocycles. The van der Waals surface area contributed by atoms with E-state index in [0.717, 1.165) is 16.8 Å². The highest BCUT2D eigenvalue weighted by Crippen LogP contribution is 2.21. The van der Waals surface area contributed by atoms with Crippen molar-refractivity contribution in [1.29, 1.82) is 10.5 Å². The average molecular weight is 282 g/mol. The second-order valence-electron chi connectivity index (χ2n) is 4.41. The van der Waals surface area contributed by atoms with Crippen LogP contribution in [0.15, 0.2) is 36.4 Å². The van der Waals surface area contributed by atoms with Gasteiger partial charge in [0.05, 0.1) is 23.3 Å². The maximum Gasteiger partial charge on any atom is 0.0992 e. The fourth-order valence-electron chi connectivity index (χ4n) is 1.83. The summed E-state index contributed by atoms with van der Waals surface area (Å²) in [5.74, 6) is 0. The Kier molecular flexibility index (Phi) is 4.25. The summed E-state index contributed by atoms with van der Waals surface area (Å²) >= 11 is 6.13. The number of anilines is 1. The Morgan fingerprint density at radius 3 is 2.35 bits per heavy atom. The molecule has 0 aliphatic rings. The number of hydrogen-bond acceptors (Lipinski definition) is 3. The van der Waals surface area contributed by atoms with Gasteiger partial charge in [-0.2, -0.15) is 10.5 Å². The first-order chi connectivity index (χ1) is 9.63. The Labute approximate surface area is 123 Å². The van der Waals surface area contributed by atoms with Crippen molar-refractivity contribution in [1.82, 2.24) is 0 Å². The van der Waals surface area contributed by atoms with E-state index in [-0.39, 0.29) is 0 Å². The zero-order chi connectivity index (χ0) is 14.5. The SMILES string of the molecule is Cc1ccc(C#N)cc1NCc1ccc(C#N)cc1Cl. The van der Waals surface area contributed by atoms with Crippen molar-refractivity contribution >= 4 is 17.3 Å². The van der Waals surface area contributed by atoms with Gasteiger partial charge in [0.2, 0.25) is 0 Å². The molecule has 1 N–H and O–H groups in total. The zero-order valence-corrected chi connectivity index (χ0v) is 11.7. The van der Waals surface area contributed by atoms with Gasteiger partial charge in [-0.25, -0.2) is 0 Å². The van der Waals surface area contributed by atoms with Crippen molar-refractivity contribution in [2.24, 2.45) is 0 Å². The molecule has 4 heteroatoms. The summed E-state index contributed by atoms with van der Waals surface area (Å²) in [6.45, 7) is 2.52. The second kappa shape index (κ2) is 6.10. The average Bonchev–Trinajstić information content (AvgIpc) is 2.47. The number of aryl methyl sites for hydroxylation is 1. The summed E-state index contributed by atoms with van der Waals surface area (Å²) in [7, 11) is 0. The van der Waals surface area contributed by atoms with Crippen LogP contribution in [0.4, 0.5) is 5.69 Å². The molecule has 0 amide bonds. The summed E-state index contributed by atoms with van der Waals surface area (Å²) in [6.07, 6.45) is 0. The predicted octanol–water partition coefficient (Wildman–Crippen LogP) is 4.00. The van der Waals surface area contributed by atoms with E-state index in [1.54, 1.807) is 18.2 Å². The minimum absolute atomic E-state index is 0.542. The van der Waals surface area contributed by atoms with Crippen molar-refractivity contribution in [3.8, 4) is 12.1 Å². The fraction of sp³-hybridized carbons (Fsp3) is 0.125. The van der Waals surface area contributed by atoms with E-state index in [1.165, 1.54) is 0 Å². The van der Waals surface area contributed by atoms with Gasteiger partial charge in [0.25, 0.3) is 0 Å². The third kappa shape index (κ3) is 3.09. The van der Waals surface area contributed by atoms with Crippen molar-refractivity contribution in [2.45, 2.75) is 13.5 Å². The van der Waals surface area contributed by atoms with Crippen LogP contribution in [0.2, 0.25) is 5.02 Å². The number of nitrogens with one attached hydrogen (secondary N) is 1. The van der Waals surface area contributed by atoms with Crippen LogP contribution in [0.3, 0.4) is 0 Å². The van der Waals surface area contributed by atoms with Crippen molar-refractivity contribution < 1.29 is 0 Å². The Bertz CT molecular complexity index is 723. The molecular formula is C16H12ClN3. The molecule has 0 saturated heterocycles. The summed E-state index contributed by atoms with van der Waals surface area (Å²) < 4.78 is 0. The molecule has 98 valence electrons. The van der Waals surface area contributed by atoms with E-state index in [9.17, 15) is 0 Å². The number of rotatable bonds is 3. The van der Waals surface area contributed by atoms with Crippen LogP contribution in [-0.4, -0.2) is 0 Å². The van der Waals surface area contributed by atoms with E-state index in [0.29, 0.717) is 22.7 Å². The lowest BCUT2D eigenvalue weighted by molar-refractivity contribution is 1.14. The first-order valence-electron chi connectivity index (χ1n) is 6.07. The maximum absolute atomic E-state index is 8.91. The summed E-state index contributed by atoms with van der Waals surface area (Å²) in [5, 5.41) is 21.5. The highest BCUT2D eigenvalue weighted by atomic mass is 35.5. The summed E-state index contributed by atoms with van der Waals surface area (Å²) in [5.41, 5.74) is 4.04. The van der Waals surface area contributed by atoms with Gasteiger partial charge in [-0.05, 0) is 42.3 Å². The normalized spacial score (nSPS) is 9.60. The van der Waals surface area contributed by atoms with Crippen molar-refractivity contribution in [3.63, 3.8) is 0 Å². The number of nitrogens with zero attached hydrogens (tertiary/aromatic N) is 2. The Morgan fingerprint density at radius 2 is 1.70 bits per heavy atom. The van der Waals surface area contributed by atoms with Gasteiger partial charge in [-0.3, -0.25) is 0 Å². The van der Waals surface area contributed by atoms with E-state index in [1.807, 2.05) is 25.1 Å². The zero-order valence-electron chi connectivity index (χ0n) is 10.9. The molecule has 0 saturated carbocycles. The minimum Gasteiger partial charge on any atom is -0.381 e. The van der Waals surface area contributed by atoms with Crippen LogP contribution in [-0.2, 0) is 6.54 Å². The molecule has 20 heavy (non-hydrogen) atoms. The van der Waals surface area contributed by atoms with E-state index in [4.69, 9.17) is 22.1 Å². The third-order valence-corrected chi connectivity index (χ3v) is 3.37. The van der Waals surface area contributed by atoms with Gasteiger partial charge in [-0.15, -0.1) is 0 Å². The minimum atomic E-state index is 0.542. The lowest BCUT2D eigenvalue weighted by Crippen LogP contribution is -2.02. The first kappa shape index (κ1) is 13.9. The summed E-state index contributed by atoms with van der Waals surface area (Å²) in [4.78, 5) is 0. The molecule has 0 aliphatic carbocycles. The first-order valence-corrected chi connectivity index (χ1v) is 6.45. The second-order valence-corrected chi connectivity index (χ2v) is 4.82. The van der Waals surface area contributed by atoms with Gasteiger partial charge in [0.15, 0.2) is 0 Å². The molecule has 2 rings (SSSR count). The van der Waals surface area contributed by atoms with E-state index >= 15 is 0 Å². The number of benzene rings is 2. The molecule has 0 aromatic heterocycles. The highest BCUT2D eigenvalue weighted by Gasteiger charge is 2.04. The van der Waals surface area contributed by atoms with Crippen LogP contribution in [0.1, 0.15) is 22.3 Å². The fourth-order valence-corrected chi connectivity index (χ4v) is 2.08. The smallest absolute Gasteiger partial charge is 0.0992 e.